The Hall–Kier alpha value is -7.57. The van der Waals surface area contributed by atoms with Gasteiger partial charge >= 0.3 is 12.2 Å². The van der Waals surface area contributed by atoms with E-state index in [9.17, 15) is 58.9 Å². The first-order chi connectivity index (χ1) is 38.1. The SMILES string of the molecule is O=C(Nc1ccccc1F)OC[C@H]1O[C@@H](O[C@H]2[C@H](O)[C@@H](O)[C@H](Oc3cccc(-c4ccc([C@H]5N(c6ccccc6)C(=O)C56CCC(O)(c5ccccc5)CC6)c(O)c4)c3)O[C@@H]2CO)[C@H](O)[C@@H](O)[C@@H]1OC(=O)Nc1ccccc1F. The van der Waals surface area contributed by atoms with Crippen LogP contribution in [0, 0.1) is 17.0 Å². The van der Waals surface area contributed by atoms with Crippen LogP contribution in [0.2, 0.25) is 0 Å². The van der Waals surface area contributed by atoms with Crippen LogP contribution < -0.4 is 20.3 Å². The zero-order valence-corrected chi connectivity index (χ0v) is 42.0. The van der Waals surface area contributed by atoms with Crippen LogP contribution >= 0.6 is 0 Å². The van der Waals surface area contributed by atoms with Gasteiger partial charge in [0.1, 0.15) is 72.5 Å². The van der Waals surface area contributed by atoms with Gasteiger partial charge in [-0.2, -0.15) is 0 Å². The summed E-state index contributed by atoms with van der Waals surface area (Å²) < 4.78 is 63.0. The largest absolute Gasteiger partial charge is 0.508 e. The number of para-hydroxylation sites is 3. The van der Waals surface area contributed by atoms with Gasteiger partial charge in [0.2, 0.25) is 12.2 Å². The van der Waals surface area contributed by atoms with Gasteiger partial charge in [-0.3, -0.25) is 15.4 Å². The lowest BCUT2D eigenvalue weighted by Gasteiger charge is -2.59. The Bertz CT molecular complexity index is 3130. The minimum Gasteiger partial charge on any atom is -0.508 e. The van der Waals surface area contributed by atoms with Crippen LogP contribution in [-0.2, 0) is 34.1 Å². The fourth-order valence-electron chi connectivity index (χ4n) is 10.9. The molecule has 0 unspecified atom stereocenters. The number of carbonyl (C=O) groups is 3. The molecule has 6 aromatic rings. The topological polar surface area (TPSA) is 275 Å². The predicted molar refractivity (Wildman–Crippen MR) is 277 cm³/mol. The van der Waals surface area contributed by atoms with E-state index in [1.165, 1.54) is 36.4 Å². The number of anilines is 3. The zero-order valence-electron chi connectivity index (χ0n) is 42.0. The highest BCUT2D eigenvalue weighted by molar-refractivity contribution is 6.06. The number of ether oxygens (including phenoxy) is 6. The van der Waals surface area contributed by atoms with Gasteiger partial charge in [0.05, 0.1) is 35.0 Å². The second-order valence-corrected chi connectivity index (χ2v) is 19.9. The summed E-state index contributed by atoms with van der Waals surface area (Å²) in [5.74, 6) is -1.66. The summed E-state index contributed by atoms with van der Waals surface area (Å²) in [5, 5.41) is 84.1. The minimum atomic E-state index is -2.10. The molecule has 0 aromatic heterocycles. The van der Waals surface area contributed by atoms with Crippen molar-refractivity contribution >= 4 is 35.2 Å². The lowest BCUT2D eigenvalue weighted by atomic mass is 9.56. The molecular weight excluding hydrogens is 1030 g/mol. The van der Waals surface area contributed by atoms with E-state index in [-0.39, 0.29) is 28.8 Å². The molecule has 0 radical (unpaired) electrons. The van der Waals surface area contributed by atoms with Crippen LogP contribution in [0.25, 0.3) is 11.1 Å². The fourth-order valence-corrected chi connectivity index (χ4v) is 10.9. The zero-order chi connectivity index (χ0) is 55.6. The highest BCUT2D eigenvalue weighted by Gasteiger charge is 2.64. The lowest BCUT2D eigenvalue weighted by molar-refractivity contribution is -0.351. The van der Waals surface area contributed by atoms with Gasteiger partial charge in [0.25, 0.3) is 0 Å². The number of β-lactam (4-membered cyclic amide) rings is 1. The van der Waals surface area contributed by atoms with E-state index in [4.69, 9.17) is 28.4 Å². The number of aliphatic hydroxyl groups is 6. The molecule has 4 aliphatic rings. The van der Waals surface area contributed by atoms with E-state index >= 15 is 0 Å². The molecule has 10 rings (SSSR count). The molecule has 79 heavy (non-hydrogen) atoms. The number of phenols is 1. The van der Waals surface area contributed by atoms with Gasteiger partial charge < -0.3 is 69.1 Å². The first kappa shape index (κ1) is 54.8. The highest BCUT2D eigenvalue weighted by Crippen LogP contribution is 2.62. The Balaban J connectivity index is 0.824. The van der Waals surface area contributed by atoms with E-state index in [0.717, 1.165) is 17.7 Å². The maximum absolute atomic E-state index is 14.4. The number of nitrogens with zero attached hydrogens (tertiary/aromatic N) is 1. The van der Waals surface area contributed by atoms with Crippen LogP contribution in [0.3, 0.4) is 0 Å². The molecule has 414 valence electrons. The molecule has 21 heteroatoms. The van der Waals surface area contributed by atoms with Crippen molar-refractivity contribution in [3.8, 4) is 22.6 Å². The van der Waals surface area contributed by atoms with Gasteiger partial charge in [-0.25, -0.2) is 18.4 Å². The average molecular weight is 1090 g/mol. The predicted octanol–water partition coefficient (Wildman–Crippen LogP) is 6.39. The number of amides is 3. The van der Waals surface area contributed by atoms with Crippen LogP contribution in [0.5, 0.6) is 11.5 Å². The summed E-state index contributed by atoms with van der Waals surface area (Å²) >= 11 is 0. The van der Waals surface area contributed by atoms with Crippen molar-refractivity contribution < 1.29 is 87.3 Å². The van der Waals surface area contributed by atoms with Crippen molar-refractivity contribution in [2.75, 3.05) is 28.7 Å². The Labute approximate surface area is 451 Å². The molecule has 9 N–H and O–H groups in total. The molecule has 19 nitrogen and oxygen atoms in total. The second kappa shape index (κ2) is 23.0. The van der Waals surface area contributed by atoms with Crippen LogP contribution in [-0.4, -0.2) is 128 Å². The number of phenolic OH excluding ortho intramolecular Hbond substituents is 1. The van der Waals surface area contributed by atoms with Crippen molar-refractivity contribution in [1.29, 1.82) is 0 Å². The van der Waals surface area contributed by atoms with Gasteiger partial charge in [0.15, 0.2) is 12.4 Å². The normalized spacial score (nSPS) is 29.5. The van der Waals surface area contributed by atoms with E-state index < -0.39 is 116 Å². The minimum absolute atomic E-state index is 0.0755. The van der Waals surface area contributed by atoms with Crippen LogP contribution in [0.1, 0.15) is 42.9 Å². The molecule has 3 heterocycles. The number of benzene rings is 6. The van der Waals surface area contributed by atoms with E-state index in [2.05, 4.69) is 10.6 Å². The number of hydrogen-bond donors (Lipinski definition) is 9. The summed E-state index contributed by atoms with van der Waals surface area (Å²) in [4.78, 5) is 41.8. The maximum atomic E-state index is 14.4. The summed E-state index contributed by atoms with van der Waals surface area (Å²) in [7, 11) is 0. The molecule has 3 amide bonds. The van der Waals surface area contributed by atoms with Crippen LogP contribution in [0.4, 0.5) is 35.4 Å². The molecule has 3 saturated heterocycles. The monoisotopic (exact) mass is 1090 g/mol. The molecule has 6 aromatic carbocycles. The van der Waals surface area contributed by atoms with Gasteiger partial charge in [-0.05, 0) is 97.0 Å². The summed E-state index contributed by atoms with van der Waals surface area (Å²) in [5.41, 5.74) is 0.537. The molecule has 1 spiro atoms. The molecule has 0 bridgehead atoms. The van der Waals surface area contributed by atoms with Crippen LogP contribution in [0.15, 0.2) is 152 Å². The molecule has 3 aliphatic heterocycles. The van der Waals surface area contributed by atoms with Crippen molar-refractivity contribution in [2.45, 2.75) is 98.7 Å². The summed E-state index contributed by atoms with van der Waals surface area (Å²) in [6.07, 6.45) is -19.4. The smallest absolute Gasteiger partial charge is 0.412 e. The first-order valence-electron chi connectivity index (χ1n) is 25.5. The maximum Gasteiger partial charge on any atom is 0.412 e. The summed E-state index contributed by atoms with van der Waals surface area (Å²) in [6.45, 7) is -1.70. The fraction of sp³-hybridized carbons (Fsp3) is 0.328. The first-order valence-corrected chi connectivity index (χ1v) is 25.5. The van der Waals surface area contributed by atoms with E-state index in [0.29, 0.717) is 48.1 Å². The highest BCUT2D eigenvalue weighted by atomic mass is 19.1. The third-order valence-electron chi connectivity index (χ3n) is 15.1. The number of rotatable bonds is 14. The molecular formula is C58H57F2N3O16. The van der Waals surface area contributed by atoms with Crippen molar-refractivity contribution in [1.82, 2.24) is 0 Å². The molecule has 11 atom stereocenters. The van der Waals surface area contributed by atoms with E-state index in [1.54, 1.807) is 47.4 Å². The standard InChI is InChI=1S/C58H57F2N3O16/c59-38-18-7-9-20-40(38)61-55(71)74-31-44-50(79-56(72)62-41-21-10-8-19-39(41)60)46(67)48(69)53(77-44)78-49-43(30-64)76-52(47(68)45(49)66)75-36-17-11-12-32(28-36)33-22-23-37(42(65)29-33)51-57(54(70)63(51)35-15-5-2-6-16-35)24-26-58(73,27-25-57)34-13-3-1-4-14-34/h1-23,28-29,43-53,64-69,73H,24-27,30-31H2,(H,61,71)(H,62,72)/t43-,44-,45-,46-,47-,48-,49-,50-,51-,52-,53+,57?,58?/m1/s1. The number of aliphatic hydroxyl groups excluding tert-OH is 5. The third-order valence-corrected chi connectivity index (χ3v) is 15.1. The molecule has 1 aliphatic carbocycles. The summed E-state index contributed by atoms with van der Waals surface area (Å²) in [6, 6.07) is 40.0. The van der Waals surface area contributed by atoms with Gasteiger partial charge in [0, 0.05) is 11.3 Å². The lowest BCUT2D eigenvalue weighted by Crippen LogP contribution is -2.65. The Morgan fingerprint density at radius 1 is 0.646 bits per heavy atom. The number of hydrogen-bond acceptors (Lipinski definition) is 16. The van der Waals surface area contributed by atoms with Gasteiger partial charge in [-0.1, -0.05) is 97.1 Å². The Morgan fingerprint density at radius 2 is 1.23 bits per heavy atom. The second-order valence-electron chi connectivity index (χ2n) is 19.9. The number of aromatic hydroxyl groups is 1. The molecule has 4 fully saturated rings. The van der Waals surface area contributed by atoms with Crippen molar-refractivity contribution in [3.05, 3.63) is 174 Å². The number of nitrogens with one attached hydrogen (secondary N) is 2. The Kier molecular flexibility index (Phi) is 16.0. The molecule has 1 saturated carbocycles. The van der Waals surface area contributed by atoms with Crippen molar-refractivity contribution in [2.24, 2.45) is 5.41 Å². The average Bonchev–Trinajstić information content (AvgIpc) is 3.62. The van der Waals surface area contributed by atoms with E-state index in [1.807, 2.05) is 60.7 Å². The number of carbonyl (C=O) groups excluding carboxylic acids is 3. The van der Waals surface area contributed by atoms with Crippen molar-refractivity contribution in [3.63, 3.8) is 0 Å². The number of halogens is 2. The quantitative estimate of drug-likeness (QED) is 0.0535. The Morgan fingerprint density at radius 3 is 1.87 bits per heavy atom. The van der Waals surface area contributed by atoms with Gasteiger partial charge in [-0.15, -0.1) is 0 Å². The third kappa shape index (κ3) is 11.1.